The zero-order chi connectivity index (χ0) is 17.2. The number of fused-ring (bicyclic) bond motifs is 1. The first-order valence-corrected chi connectivity index (χ1v) is 11.1. The van der Waals surface area contributed by atoms with E-state index < -0.39 is 8.80 Å². The number of aromatic nitrogens is 1. The summed E-state index contributed by atoms with van der Waals surface area (Å²) in [5, 5.41) is 3.90. The molecule has 0 fully saturated rings. The van der Waals surface area contributed by atoms with Crippen molar-refractivity contribution in [1.29, 1.82) is 0 Å². The van der Waals surface area contributed by atoms with E-state index in [0.717, 1.165) is 5.69 Å². The van der Waals surface area contributed by atoms with Crippen LogP contribution in [0.25, 0.3) is 33.2 Å². The standard InChI is InChI=1S/C23H20NSi/c1-25(2)23-16-24-22(15-21(23)18-9-4-3-5-10-18)20-13-12-17-8-6-7-11-19(17)14-20/h3-16H,1-2H3. The molecule has 0 aliphatic heterocycles. The van der Waals surface area contributed by atoms with Gasteiger partial charge in [0.1, 0.15) is 0 Å². The highest BCUT2D eigenvalue weighted by Gasteiger charge is 2.12. The number of hydrogen-bond acceptors (Lipinski definition) is 1. The van der Waals surface area contributed by atoms with Crippen LogP contribution < -0.4 is 5.19 Å². The van der Waals surface area contributed by atoms with Crippen molar-refractivity contribution in [3.8, 4) is 22.4 Å². The van der Waals surface area contributed by atoms with E-state index in [-0.39, 0.29) is 0 Å². The van der Waals surface area contributed by atoms with E-state index >= 15 is 0 Å². The molecule has 1 nitrogen and oxygen atoms in total. The lowest BCUT2D eigenvalue weighted by Crippen LogP contribution is -2.25. The van der Waals surface area contributed by atoms with Crippen LogP contribution in [0.2, 0.25) is 13.1 Å². The molecule has 0 aliphatic carbocycles. The van der Waals surface area contributed by atoms with Crippen molar-refractivity contribution in [2.45, 2.75) is 13.1 Å². The first-order valence-electron chi connectivity index (χ1n) is 8.57. The van der Waals surface area contributed by atoms with E-state index in [2.05, 4.69) is 98.2 Å². The molecule has 0 saturated carbocycles. The molecule has 0 saturated heterocycles. The highest BCUT2D eigenvalue weighted by Crippen LogP contribution is 2.26. The van der Waals surface area contributed by atoms with Gasteiger partial charge in [0.25, 0.3) is 0 Å². The van der Waals surface area contributed by atoms with Crippen molar-refractivity contribution < 1.29 is 0 Å². The largest absolute Gasteiger partial charge is 0.256 e. The summed E-state index contributed by atoms with van der Waals surface area (Å²) in [7, 11) is -0.584. The molecule has 3 aromatic carbocycles. The smallest absolute Gasteiger partial charge is 0.0820 e. The molecule has 0 aliphatic rings. The van der Waals surface area contributed by atoms with Crippen LogP contribution in [0.1, 0.15) is 0 Å². The van der Waals surface area contributed by atoms with E-state index in [1.54, 1.807) is 0 Å². The summed E-state index contributed by atoms with van der Waals surface area (Å²) in [5.74, 6) is 0. The molecule has 0 unspecified atom stereocenters. The van der Waals surface area contributed by atoms with E-state index in [4.69, 9.17) is 4.98 Å². The van der Waals surface area contributed by atoms with E-state index in [9.17, 15) is 0 Å². The van der Waals surface area contributed by atoms with Crippen LogP contribution >= 0.6 is 0 Å². The van der Waals surface area contributed by atoms with Crippen molar-refractivity contribution in [2.24, 2.45) is 0 Å². The van der Waals surface area contributed by atoms with Gasteiger partial charge >= 0.3 is 0 Å². The molecule has 0 N–H and O–H groups in total. The summed E-state index contributed by atoms with van der Waals surface area (Å²) >= 11 is 0. The lowest BCUT2D eigenvalue weighted by molar-refractivity contribution is 1.34. The normalized spacial score (nSPS) is 11.2. The van der Waals surface area contributed by atoms with Crippen molar-refractivity contribution in [3.63, 3.8) is 0 Å². The lowest BCUT2D eigenvalue weighted by atomic mass is 10.0. The van der Waals surface area contributed by atoms with Gasteiger partial charge in [0.2, 0.25) is 0 Å². The average Bonchev–Trinajstić information content (AvgIpc) is 2.67. The molecule has 1 aromatic heterocycles. The van der Waals surface area contributed by atoms with Crippen LogP contribution in [0.5, 0.6) is 0 Å². The predicted molar refractivity (Wildman–Crippen MR) is 110 cm³/mol. The highest BCUT2D eigenvalue weighted by atomic mass is 28.3. The minimum Gasteiger partial charge on any atom is -0.256 e. The fourth-order valence-corrected chi connectivity index (χ4v) is 4.29. The molecule has 0 spiro atoms. The topological polar surface area (TPSA) is 12.9 Å². The number of nitrogens with zero attached hydrogens (tertiary/aromatic N) is 1. The SMILES string of the molecule is C[Si](C)c1cnc(-c2ccc3ccccc3c2)cc1-c1ccccc1. The van der Waals surface area contributed by atoms with E-state index in [1.165, 1.54) is 32.6 Å². The molecule has 25 heavy (non-hydrogen) atoms. The molecular formula is C23H20NSi. The second-order valence-corrected chi connectivity index (χ2v) is 9.08. The quantitative estimate of drug-likeness (QED) is 0.448. The third kappa shape index (κ3) is 3.13. The number of pyridine rings is 1. The summed E-state index contributed by atoms with van der Waals surface area (Å²) in [5.41, 5.74) is 4.80. The fourth-order valence-electron chi connectivity index (χ4n) is 3.22. The monoisotopic (exact) mass is 338 g/mol. The first-order chi connectivity index (χ1) is 12.2. The van der Waals surface area contributed by atoms with Gasteiger partial charge in [0.05, 0.1) is 14.5 Å². The second kappa shape index (κ2) is 6.65. The Morgan fingerprint density at radius 3 is 2.16 bits per heavy atom. The van der Waals surface area contributed by atoms with Crippen LogP contribution in [0.15, 0.2) is 85.1 Å². The van der Waals surface area contributed by atoms with Gasteiger partial charge in [-0.2, -0.15) is 0 Å². The van der Waals surface area contributed by atoms with Crippen molar-refractivity contribution in [2.75, 3.05) is 0 Å². The Balaban J connectivity index is 1.87. The molecule has 2 heteroatoms. The Bertz CT molecular complexity index is 1020. The van der Waals surface area contributed by atoms with Crippen LogP contribution in [0, 0.1) is 0 Å². The third-order valence-corrected chi connectivity index (χ3v) is 6.05. The minimum atomic E-state index is -0.584. The zero-order valence-electron chi connectivity index (χ0n) is 14.5. The number of hydrogen-bond donors (Lipinski definition) is 0. The predicted octanol–water partition coefficient (Wildman–Crippen LogP) is 5.53. The van der Waals surface area contributed by atoms with Gasteiger partial charge in [-0.3, -0.25) is 4.98 Å². The van der Waals surface area contributed by atoms with Crippen LogP contribution in [-0.2, 0) is 0 Å². The average molecular weight is 339 g/mol. The Hall–Kier alpha value is -2.71. The van der Waals surface area contributed by atoms with Gasteiger partial charge in [-0.1, -0.05) is 79.8 Å². The fraction of sp³-hybridized carbons (Fsp3) is 0.0870. The summed E-state index contributed by atoms with van der Waals surface area (Å²) in [6.07, 6.45) is 2.08. The van der Waals surface area contributed by atoms with Crippen LogP contribution in [0.3, 0.4) is 0 Å². The Labute approximate surface area is 150 Å². The van der Waals surface area contributed by atoms with Gasteiger partial charge in [0, 0.05) is 11.8 Å². The maximum atomic E-state index is 4.79. The second-order valence-electron chi connectivity index (χ2n) is 6.54. The molecule has 0 atom stereocenters. The van der Waals surface area contributed by atoms with Crippen molar-refractivity contribution >= 4 is 24.8 Å². The van der Waals surface area contributed by atoms with Crippen LogP contribution in [0.4, 0.5) is 0 Å². The van der Waals surface area contributed by atoms with E-state index in [1.807, 2.05) is 0 Å². The summed E-state index contributed by atoms with van der Waals surface area (Å²) < 4.78 is 0. The van der Waals surface area contributed by atoms with Gasteiger partial charge in [-0.25, -0.2) is 0 Å². The molecule has 121 valence electrons. The maximum absolute atomic E-state index is 4.79. The molecule has 1 radical (unpaired) electrons. The number of benzene rings is 3. The Kier molecular flexibility index (Phi) is 4.20. The minimum absolute atomic E-state index is 0.584. The molecule has 0 bridgehead atoms. The summed E-state index contributed by atoms with van der Waals surface area (Å²) in [4.78, 5) is 4.79. The van der Waals surface area contributed by atoms with Gasteiger partial charge in [-0.05, 0) is 39.2 Å². The Morgan fingerprint density at radius 1 is 0.680 bits per heavy atom. The molecule has 4 rings (SSSR count). The molecule has 0 amide bonds. The molecule has 1 heterocycles. The maximum Gasteiger partial charge on any atom is 0.0820 e. The summed E-state index contributed by atoms with van der Waals surface area (Å²) in [6.45, 7) is 4.65. The van der Waals surface area contributed by atoms with Crippen molar-refractivity contribution in [1.82, 2.24) is 4.98 Å². The van der Waals surface area contributed by atoms with Crippen LogP contribution in [-0.4, -0.2) is 13.8 Å². The van der Waals surface area contributed by atoms with Gasteiger partial charge in [0.15, 0.2) is 0 Å². The van der Waals surface area contributed by atoms with Gasteiger partial charge in [-0.15, -0.1) is 0 Å². The van der Waals surface area contributed by atoms with Crippen molar-refractivity contribution in [3.05, 3.63) is 85.1 Å². The Morgan fingerprint density at radius 2 is 1.40 bits per heavy atom. The molecule has 4 aromatic rings. The lowest BCUT2D eigenvalue weighted by Gasteiger charge is -2.14. The first kappa shape index (κ1) is 15.8. The van der Waals surface area contributed by atoms with E-state index in [0.29, 0.717) is 0 Å². The highest BCUT2D eigenvalue weighted by molar-refractivity contribution is 6.72. The zero-order valence-corrected chi connectivity index (χ0v) is 15.5. The summed E-state index contributed by atoms with van der Waals surface area (Å²) in [6, 6.07) is 28.0. The third-order valence-electron chi connectivity index (χ3n) is 4.57. The molecular weight excluding hydrogens is 318 g/mol. The van der Waals surface area contributed by atoms with Gasteiger partial charge < -0.3 is 0 Å². The number of rotatable bonds is 3.